The predicted octanol–water partition coefficient (Wildman–Crippen LogP) is -0.146. The van der Waals surface area contributed by atoms with Crippen molar-refractivity contribution >= 4 is 11.5 Å². The van der Waals surface area contributed by atoms with Crippen molar-refractivity contribution in [2.45, 2.75) is 32.2 Å². The molecule has 7 nitrogen and oxygen atoms in total. The average molecular weight is 248 g/mol. The van der Waals surface area contributed by atoms with Crippen LogP contribution in [0, 0.1) is 0 Å². The van der Waals surface area contributed by atoms with Crippen LogP contribution in [0.5, 0.6) is 0 Å². The quantitative estimate of drug-likeness (QED) is 0.798. The Morgan fingerprint density at radius 2 is 2.17 bits per heavy atom. The zero-order valence-electron chi connectivity index (χ0n) is 9.67. The number of carbonyl (C=O) groups is 1. The second kappa shape index (κ2) is 3.94. The van der Waals surface area contributed by atoms with Crippen molar-refractivity contribution in [3.8, 4) is 0 Å². The molecule has 3 rings (SSSR count). The minimum absolute atomic E-state index is 0.379. The Balaban J connectivity index is 2.24. The molecule has 0 amide bonds. The molecule has 2 aromatic rings. The van der Waals surface area contributed by atoms with E-state index in [0.717, 1.165) is 41.6 Å². The van der Waals surface area contributed by atoms with Crippen LogP contribution in [0.1, 0.15) is 24.1 Å². The van der Waals surface area contributed by atoms with Crippen LogP contribution in [0.3, 0.4) is 0 Å². The summed E-state index contributed by atoms with van der Waals surface area (Å²) in [5, 5.41) is 16.9. The van der Waals surface area contributed by atoms with Gasteiger partial charge in [0.05, 0.1) is 5.69 Å². The Labute approximate surface area is 102 Å². The molecule has 2 aromatic heterocycles. The van der Waals surface area contributed by atoms with Gasteiger partial charge in [-0.1, -0.05) is 0 Å². The van der Waals surface area contributed by atoms with Gasteiger partial charge < -0.3 is 5.11 Å². The fraction of sp³-hybridized carbons (Fsp3) is 0.455. The second-order valence-corrected chi connectivity index (χ2v) is 4.41. The maximum Gasteiger partial charge on any atom is 0.325 e. The fourth-order valence-corrected chi connectivity index (χ4v) is 2.41. The molecule has 18 heavy (non-hydrogen) atoms. The molecule has 0 aliphatic heterocycles. The van der Waals surface area contributed by atoms with E-state index >= 15 is 0 Å². The van der Waals surface area contributed by atoms with Gasteiger partial charge in [-0.3, -0.25) is 9.59 Å². The summed E-state index contributed by atoms with van der Waals surface area (Å²) in [7, 11) is 0. The number of hydrogen-bond acceptors (Lipinski definition) is 4. The van der Waals surface area contributed by atoms with Gasteiger partial charge >= 0.3 is 5.97 Å². The van der Waals surface area contributed by atoms with Gasteiger partial charge in [-0.2, -0.15) is 10.2 Å². The molecule has 0 bridgehead atoms. The van der Waals surface area contributed by atoms with Gasteiger partial charge in [0, 0.05) is 5.56 Å². The molecule has 1 aliphatic rings. The van der Waals surface area contributed by atoms with E-state index in [4.69, 9.17) is 5.11 Å². The van der Waals surface area contributed by atoms with Crippen molar-refractivity contribution in [3.63, 3.8) is 0 Å². The van der Waals surface area contributed by atoms with Crippen molar-refractivity contribution in [2.75, 3.05) is 0 Å². The van der Waals surface area contributed by atoms with Crippen molar-refractivity contribution in [1.82, 2.24) is 19.4 Å². The van der Waals surface area contributed by atoms with Gasteiger partial charge in [0.25, 0.3) is 5.56 Å². The summed E-state index contributed by atoms with van der Waals surface area (Å²) in [6, 6.07) is 0. The molecular formula is C11H12N4O3. The molecule has 1 N–H and O–H groups in total. The number of aliphatic carboxylic acids is 1. The van der Waals surface area contributed by atoms with Crippen molar-refractivity contribution in [1.29, 1.82) is 0 Å². The molecule has 1 aliphatic carbocycles. The Morgan fingerprint density at radius 1 is 1.39 bits per heavy atom. The van der Waals surface area contributed by atoms with Crippen molar-refractivity contribution in [3.05, 3.63) is 27.9 Å². The maximum absolute atomic E-state index is 12.2. The second-order valence-electron chi connectivity index (χ2n) is 4.41. The first-order valence-corrected chi connectivity index (χ1v) is 5.85. The summed E-state index contributed by atoms with van der Waals surface area (Å²) in [4.78, 5) is 22.8. The van der Waals surface area contributed by atoms with Gasteiger partial charge in [-0.25, -0.2) is 9.20 Å². The monoisotopic (exact) mass is 248 g/mol. The maximum atomic E-state index is 12.2. The van der Waals surface area contributed by atoms with Crippen LogP contribution in [0.15, 0.2) is 11.1 Å². The molecule has 0 atom stereocenters. The summed E-state index contributed by atoms with van der Waals surface area (Å²) < 4.78 is 2.44. The molecule has 94 valence electrons. The van der Waals surface area contributed by atoms with E-state index in [2.05, 4.69) is 10.2 Å². The molecule has 2 heterocycles. The van der Waals surface area contributed by atoms with E-state index in [1.165, 1.54) is 10.8 Å². The minimum atomic E-state index is -1.08. The molecule has 0 unspecified atom stereocenters. The highest BCUT2D eigenvalue weighted by molar-refractivity contribution is 5.66. The number of nitrogens with zero attached hydrogens (tertiary/aromatic N) is 4. The van der Waals surface area contributed by atoms with Gasteiger partial charge in [0.1, 0.15) is 18.4 Å². The van der Waals surface area contributed by atoms with E-state index in [-0.39, 0.29) is 5.56 Å². The number of rotatable bonds is 2. The summed E-state index contributed by atoms with van der Waals surface area (Å²) in [6.45, 7) is -0.421. The third kappa shape index (κ3) is 1.59. The first-order valence-electron chi connectivity index (χ1n) is 5.85. The Morgan fingerprint density at radius 3 is 2.94 bits per heavy atom. The van der Waals surface area contributed by atoms with Gasteiger partial charge in [0.2, 0.25) is 0 Å². The van der Waals surface area contributed by atoms with Gasteiger partial charge in [-0.15, -0.1) is 0 Å². The van der Waals surface area contributed by atoms with Crippen molar-refractivity contribution in [2.24, 2.45) is 0 Å². The topological polar surface area (TPSA) is 89.5 Å². The van der Waals surface area contributed by atoms with Gasteiger partial charge in [0.15, 0.2) is 0 Å². The van der Waals surface area contributed by atoms with Crippen LogP contribution in [0.25, 0.3) is 5.52 Å². The fourth-order valence-electron chi connectivity index (χ4n) is 2.41. The normalized spacial score (nSPS) is 14.7. The third-order valence-corrected chi connectivity index (χ3v) is 3.20. The zero-order chi connectivity index (χ0) is 12.7. The summed E-state index contributed by atoms with van der Waals surface area (Å²) in [6.07, 6.45) is 5.21. The van der Waals surface area contributed by atoms with E-state index in [0.29, 0.717) is 5.52 Å². The number of carboxylic acids is 1. The first kappa shape index (κ1) is 10.9. The van der Waals surface area contributed by atoms with Gasteiger partial charge in [-0.05, 0) is 25.7 Å². The first-order chi connectivity index (χ1) is 8.66. The zero-order valence-corrected chi connectivity index (χ0v) is 9.67. The molecule has 0 aromatic carbocycles. The smallest absolute Gasteiger partial charge is 0.325 e. The van der Waals surface area contributed by atoms with Crippen LogP contribution in [-0.2, 0) is 24.2 Å². The largest absolute Gasteiger partial charge is 0.480 e. The number of aromatic nitrogens is 4. The van der Waals surface area contributed by atoms with Crippen LogP contribution in [0.2, 0.25) is 0 Å². The van der Waals surface area contributed by atoms with E-state index in [9.17, 15) is 9.59 Å². The Kier molecular flexibility index (Phi) is 2.39. The third-order valence-electron chi connectivity index (χ3n) is 3.20. The van der Waals surface area contributed by atoms with Crippen LogP contribution in [0.4, 0.5) is 0 Å². The summed E-state index contributed by atoms with van der Waals surface area (Å²) in [5.74, 6) is -1.08. The lowest BCUT2D eigenvalue weighted by atomic mass is 9.97. The number of carboxylic acid groups (broad SMARTS) is 1. The number of aryl methyl sites for hydroxylation is 2. The highest BCUT2D eigenvalue weighted by Crippen LogP contribution is 2.22. The summed E-state index contributed by atoms with van der Waals surface area (Å²) in [5.41, 5.74) is 1.98. The Bertz CT molecular complexity index is 685. The molecule has 0 saturated heterocycles. The van der Waals surface area contributed by atoms with Crippen LogP contribution < -0.4 is 5.56 Å². The van der Waals surface area contributed by atoms with Crippen LogP contribution in [-0.4, -0.2) is 30.5 Å². The predicted molar refractivity (Wildman–Crippen MR) is 61.5 cm³/mol. The lowest BCUT2D eigenvalue weighted by Crippen LogP contribution is -2.28. The SMILES string of the molecule is O=C(O)Cn1ncn2nc3c(c2c1=O)CCCC3. The minimum Gasteiger partial charge on any atom is -0.480 e. The van der Waals surface area contributed by atoms with Crippen LogP contribution >= 0.6 is 0 Å². The molecule has 0 spiro atoms. The highest BCUT2D eigenvalue weighted by Gasteiger charge is 2.20. The van der Waals surface area contributed by atoms with E-state index in [1.807, 2.05) is 0 Å². The molecule has 0 fully saturated rings. The lowest BCUT2D eigenvalue weighted by Gasteiger charge is -2.08. The number of hydrogen-bond donors (Lipinski definition) is 1. The van der Waals surface area contributed by atoms with E-state index in [1.54, 1.807) is 0 Å². The molecule has 0 radical (unpaired) electrons. The highest BCUT2D eigenvalue weighted by atomic mass is 16.4. The molecule has 7 heteroatoms. The summed E-state index contributed by atoms with van der Waals surface area (Å²) >= 11 is 0. The van der Waals surface area contributed by atoms with E-state index < -0.39 is 12.5 Å². The Hall–Kier alpha value is -2.18. The average Bonchev–Trinajstić information content (AvgIpc) is 2.71. The lowest BCUT2D eigenvalue weighted by molar-refractivity contribution is -0.138. The molecule has 0 saturated carbocycles. The van der Waals surface area contributed by atoms with Crippen molar-refractivity contribution < 1.29 is 9.90 Å². The molecular weight excluding hydrogens is 236 g/mol. The number of fused-ring (bicyclic) bond motifs is 3. The standard InChI is InChI=1S/C11H12N4O3/c16-9(17)5-14-11(18)10-7-3-1-2-4-8(7)13-15(10)6-12-14/h6H,1-5H2,(H,16,17).